The summed E-state index contributed by atoms with van der Waals surface area (Å²) in [6, 6.07) is 4.91. The third-order valence-electron chi connectivity index (χ3n) is 1.37. The van der Waals surface area contributed by atoms with Gasteiger partial charge in [-0.25, -0.2) is 4.39 Å². The van der Waals surface area contributed by atoms with Gasteiger partial charge < -0.3 is 5.32 Å². The first-order chi connectivity index (χ1) is 5.74. The number of benzene rings is 1. The predicted octanol–water partition coefficient (Wildman–Crippen LogP) is 3.19. The summed E-state index contributed by atoms with van der Waals surface area (Å²) in [5.74, 6) is -0.260. The van der Waals surface area contributed by atoms with E-state index in [1.54, 1.807) is 18.2 Å². The second kappa shape index (κ2) is 4.26. The summed E-state index contributed by atoms with van der Waals surface area (Å²) in [6.45, 7) is 4.19. The van der Waals surface area contributed by atoms with Crippen molar-refractivity contribution >= 4 is 21.6 Å². The second-order valence-corrected chi connectivity index (χ2v) is 3.15. The topological polar surface area (TPSA) is 12.0 Å². The highest BCUT2D eigenvalue weighted by molar-refractivity contribution is 9.10. The first-order valence-corrected chi connectivity index (χ1v) is 4.33. The van der Waals surface area contributed by atoms with E-state index in [2.05, 4.69) is 27.8 Å². The molecule has 0 spiro atoms. The average Bonchev–Trinajstić information content (AvgIpc) is 2.07. The van der Waals surface area contributed by atoms with Crippen molar-refractivity contribution in [1.82, 2.24) is 0 Å². The van der Waals surface area contributed by atoms with E-state index in [1.165, 1.54) is 6.07 Å². The van der Waals surface area contributed by atoms with E-state index in [1.807, 2.05) is 0 Å². The number of hydrogen-bond donors (Lipinski definition) is 1. The van der Waals surface area contributed by atoms with Crippen molar-refractivity contribution in [1.29, 1.82) is 0 Å². The molecule has 0 aromatic heterocycles. The predicted molar refractivity (Wildman–Crippen MR) is 52.8 cm³/mol. The van der Waals surface area contributed by atoms with E-state index in [4.69, 9.17) is 0 Å². The average molecular weight is 230 g/mol. The first kappa shape index (κ1) is 9.26. The van der Waals surface area contributed by atoms with Gasteiger partial charge in [-0.2, -0.15) is 0 Å². The molecule has 0 radical (unpaired) electrons. The second-order valence-electron chi connectivity index (χ2n) is 2.30. The molecule has 0 atom stereocenters. The zero-order valence-electron chi connectivity index (χ0n) is 6.48. The van der Waals surface area contributed by atoms with Crippen LogP contribution in [0.2, 0.25) is 0 Å². The molecule has 64 valence electrons. The monoisotopic (exact) mass is 229 g/mol. The van der Waals surface area contributed by atoms with Gasteiger partial charge in [-0.1, -0.05) is 6.08 Å². The summed E-state index contributed by atoms with van der Waals surface area (Å²) in [4.78, 5) is 0. The molecule has 12 heavy (non-hydrogen) atoms. The van der Waals surface area contributed by atoms with E-state index in [9.17, 15) is 4.39 Å². The van der Waals surface area contributed by atoms with Gasteiger partial charge >= 0.3 is 0 Å². The first-order valence-electron chi connectivity index (χ1n) is 3.54. The summed E-state index contributed by atoms with van der Waals surface area (Å²) in [7, 11) is 0. The Morgan fingerprint density at radius 2 is 2.33 bits per heavy atom. The minimum absolute atomic E-state index is 0.260. The zero-order valence-corrected chi connectivity index (χ0v) is 8.07. The van der Waals surface area contributed by atoms with Gasteiger partial charge in [0.05, 0.1) is 4.47 Å². The van der Waals surface area contributed by atoms with Gasteiger partial charge in [-0.3, -0.25) is 0 Å². The molecular weight excluding hydrogens is 221 g/mol. The Balaban J connectivity index is 2.75. The molecule has 0 unspecified atom stereocenters. The molecule has 1 aromatic carbocycles. The molecule has 1 aromatic rings. The molecule has 1 nitrogen and oxygen atoms in total. The fourth-order valence-corrected chi connectivity index (χ4v) is 1.04. The van der Waals surface area contributed by atoms with E-state index < -0.39 is 0 Å². The summed E-state index contributed by atoms with van der Waals surface area (Å²) in [5.41, 5.74) is 0.760. The maximum absolute atomic E-state index is 12.9. The quantitative estimate of drug-likeness (QED) is 0.786. The van der Waals surface area contributed by atoms with Crippen molar-refractivity contribution in [3.05, 3.63) is 41.1 Å². The van der Waals surface area contributed by atoms with Crippen LogP contribution in [0.3, 0.4) is 0 Å². The van der Waals surface area contributed by atoms with Gasteiger partial charge in [0.15, 0.2) is 0 Å². The molecular formula is C9H9BrFN. The molecule has 3 heteroatoms. The number of anilines is 1. The SMILES string of the molecule is C=CCNc1ccc(Br)c(F)c1. The van der Waals surface area contributed by atoms with Crippen LogP contribution in [0.15, 0.2) is 35.3 Å². The van der Waals surface area contributed by atoms with Crippen molar-refractivity contribution < 1.29 is 4.39 Å². The van der Waals surface area contributed by atoms with Crippen molar-refractivity contribution in [2.24, 2.45) is 0 Å². The van der Waals surface area contributed by atoms with Crippen LogP contribution in [0, 0.1) is 5.82 Å². The molecule has 0 aliphatic carbocycles. The smallest absolute Gasteiger partial charge is 0.139 e. The third kappa shape index (κ3) is 2.34. The molecule has 0 aliphatic rings. The fourth-order valence-electron chi connectivity index (χ4n) is 0.796. The normalized spacial score (nSPS) is 9.50. The molecule has 0 amide bonds. The summed E-state index contributed by atoms with van der Waals surface area (Å²) in [6.07, 6.45) is 1.72. The van der Waals surface area contributed by atoms with Crippen LogP contribution in [0.4, 0.5) is 10.1 Å². The Hall–Kier alpha value is -0.830. The van der Waals surface area contributed by atoms with Crippen LogP contribution >= 0.6 is 15.9 Å². The van der Waals surface area contributed by atoms with E-state index in [0.717, 1.165) is 5.69 Å². The van der Waals surface area contributed by atoms with Gasteiger partial charge in [0.1, 0.15) is 5.82 Å². The van der Waals surface area contributed by atoms with E-state index in [0.29, 0.717) is 11.0 Å². The molecule has 0 saturated carbocycles. The van der Waals surface area contributed by atoms with E-state index in [-0.39, 0.29) is 5.82 Å². The Labute approximate surface area is 79.4 Å². The van der Waals surface area contributed by atoms with Crippen molar-refractivity contribution in [3.63, 3.8) is 0 Å². The number of hydrogen-bond acceptors (Lipinski definition) is 1. The van der Waals surface area contributed by atoms with Gasteiger partial charge in [0, 0.05) is 12.2 Å². The highest BCUT2D eigenvalue weighted by atomic mass is 79.9. The number of rotatable bonds is 3. The molecule has 0 aliphatic heterocycles. The minimum atomic E-state index is -0.260. The fraction of sp³-hybridized carbons (Fsp3) is 0.111. The van der Waals surface area contributed by atoms with Crippen LogP contribution in [-0.4, -0.2) is 6.54 Å². The molecule has 0 heterocycles. The lowest BCUT2D eigenvalue weighted by Gasteiger charge is -2.03. The summed E-state index contributed by atoms with van der Waals surface area (Å²) < 4.78 is 13.4. The van der Waals surface area contributed by atoms with Crippen LogP contribution in [0.25, 0.3) is 0 Å². The van der Waals surface area contributed by atoms with Crippen LogP contribution in [0.1, 0.15) is 0 Å². The highest BCUT2D eigenvalue weighted by Gasteiger charge is 1.98. The Morgan fingerprint density at radius 1 is 1.58 bits per heavy atom. The molecule has 0 saturated heterocycles. The third-order valence-corrected chi connectivity index (χ3v) is 2.01. The zero-order chi connectivity index (χ0) is 8.97. The Bertz CT molecular complexity index is 286. The molecule has 1 rings (SSSR count). The summed E-state index contributed by atoms with van der Waals surface area (Å²) >= 11 is 3.07. The maximum atomic E-state index is 12.9. The number of nitrogens with one attached hydrogen (secondary N) is 1. The van der Waals surface area contributed by atoms with Gasteiger partial charge in [0.25, 0.3) is 0 Å². The lowest BCUT2D eigenvalue weighted by atomic mass is 10.3. The minimum Gasteiger partial charge on any atom is -0.381 e. The molecule has 0 fully saturated rings. The van der Waals surface area contributed by atoms with Crippen LogP contribution in [-0.2, 0) is 0 Å². The molecule has 1 N–H and O–H groups in total. The van der Waals surface area contributed by atoms with E-state index >= 15 is 0 Å². The highest BCUT2D eigenvalue weighted by Crippen LogP contribution is 2.18. The van der Waals surface area contributed by atoms with Crippen molar-refractivity contribution in [3.8, 4) is 0 Å². The Kier molecular flexibility index (Phi) is 3.29. The lowest BCUT2D eigenvalue weighted by molar-refractivity contribution is 0.621. The van der Waals surface area contributed by atoms with Gasteiger partial charge in [-0.15, -0.1) is 6.58 Å². The standard InChI is InChI=1S/C9H9BrFN/c1-2-5-12-7-3-4-8(10)9(11)6-7/h2-4,6,12H,1,5H2. The van der Waals surface area contributed by atoms with Crippen LogP contribution in [0.5, 0.6) is 0 Å². The largest absolute Gasteiger partial charge is 0.381 e. The summed E-state index contributed by atoms with van der Waals surface area (Å²) in [5, 5.41) is 2.98. The Morgan fingerprint density at radius 3 is 2.92 bits per heavy atom. The maximum Gasteiger partial charge on any atom is 0.139 e. The van der Waals surface area contributed by atoms with Crippen molar-refractivity contribution in [2.45, 2.75) is 0 Å². The van der Waals surface area contributed by atoms with Gasteiger partial charge in [0.2, 0.25) is 0 Å². The molecule has 0 bridgehead atoms. The van der Waals surface area contributed by atoms with Crippen molar-refractivity contribution in [2.75, 3.05) is 11.9 Å². The number of halogens is 2. The van der Waals surface area contributed by atoms with Crippen LogP contribution < -0.4 is 5.32 Å². The van der Waals surface area contributed by atoms with Gasteiger partial charge in [-0.05, 0) is 34.1 Å². The lowest BCUT2D eigenvalue weighted by Crippen LogP contribution is -1.97.